The van der Waals surface area contributed by atoms with Gasteiger partial charge in [0.2, 0.25) is 0 Å². The molecule has 1 heterocycles. The number of aryl methyl sites for hydroxylation is 1. The van der Waals surface area contributed by atoms with E-state index in [9.17, 15) is 0 Å². The van der Waals surface area contributed by atoms with Crippen molar-refractivity contribution in [2.24, 2.45) is 12.0 Å². The predicted octanol–water partition coefficient (Wildman–Crippen LogP) is 3.26. The minimum atomic E-state index is 0.104. The highest BCUT2D eigenvalue weighted by atomic mass is 15.3. The van der Waals surface area contributed by atoms with Crippen LogP contribution in [-0.4, -0.2) is 27.3 Å². The summed E-state index contributed by atoms with van der Waals surface area (Å²) in [7, 11) is 1.95. The van der Waals surface area contributed by atoms with Crippen molar-refractivity contribution < 1.29 is 0 Å². The van der Waals surface area contributed by atoms with Crippen LogP contribution >= 0.6 is 0 Å². The van der Waals surface area contributed by atoms with Crippen LogP contribution in [-0.2, 0) is 13.6 Å². The van der Waals surface area contributed by atoms with Crippen LogP contribution in [0.2, 0.25) is 0 Å². The second-order valence-corrected chi connectivity index (χ2v) is 6.53. The van der Waals surface area contributed by atoms with Gasteiger partial charge in [0.25, 0.3) is 0 Å². The number of hydrogen-bond acceptors (Lipinski definition) is 3. The molecule has 6 heteroatoms. The number of fused-ring (bicyclic) bond motifs is 1. The van der Waals surface area contributed by atoms with Gasteiger partial charge in [-0.3, -0.25) is 0 Å². The molecule has 1 unspecified atom stereocenters. The van der Waals surface area contributed by atoms with E-state index in [1.165, 1.54) is 16.3 Å². The average molecular weight is 362 g/mol. The standard InChI is InChI=1S/C21H26N6/c1-5-12-22-21(23-14-20-26-25-16(3)27(20)4)24-15(2)18-11-10-17-8-6-7-9-19(17)13-18/h5-11,13,15H,1,12,14H2,2-4H3,(H2,22,23,24). The van der Waals surface area contributed by atoms with E-state index in [1.54, 1.807) is 0 Å². The van der Waals surface area contributed by atoms with Crippen LogP contribution in [0.25, 0.3) is 10.8 Å². The Morgan fingerprint density at radius 1 is 1.22 bits per heavy atom. The highest BCUT2D eigenvalue weighted by Gasteiger charge is 2.10. The fourth-order valence-corrected chi connectivity index (χ4v) is 2.83. The summed E-state index contributed by atoms with van der Waals surface area (Å²) in [6.07, 6.45) is 1.81. The van der Waals surface area contributed by atoms with Crippen molar-refractivity contribution in [3.63, 3.8) is 0 Å². The maximum absolute atomic E-state index is 4.66. The first-order valence-electron chi connectivity index (χ1n) is 9.08. The first-order valence-corrected chi connectivity index (χ1v) is 9.08. The van der Waals surface area contributed by atoms with Crippen molar-refractivity contribution in [2.75, 3.05) is 6.54 Å². The lowest BCUT2D eigenvalue weighted by atomic mass is 10.0. The van der Waals surface area contributed by atoms with Crippen molar-refractivity contribution >= 4 is 16.7 Å². The van der Waals surface area contributed by atoms with Crippen LogP contribution in [0.1, 0.15) is 30.2 Å². The van der Waals surface area contributed by atoms with Gasteiger partial charge in [-0.15, -0.1) is 16.8 Å². The van der Waals surface area contributed by atoms with Crippen molar-refractivity contribution in [3.05, 3.63) is 72.3 Å². The van der Waals surface area contributed by atoms with E-state index in [-0.39, 0.29) is 6.04 Å². The van der Waals surface area contributed by atoms with E-state index in [2.05, 4.69) is 81.8 Å². The van der Waals surface area contributed by atoms with Crippen LogP contribution < -0.4 is 10.6 Å². The number of aliphatic imine (C=N–C) groups is 1. The quantitative estimate of drug-likeness (QED) is 0.401. The third-order valence-electron chi connectivity index (χ3n) is 4.60. The van der Waals surface area contributed by atoms with Crippen molar-refractivity contribution in [1.29, 1.82) is 0 Å². The van der Waals surface area contributed by atoms with Gasteiger partial charge in [0, 0.05) is 13.6 Å². The summed E-state index contributed by atoms with van der Waals surface area (Å²) >= 11 is 0. The largest absolute Gasteiger partial charge is 0.353 e. The zero-order chi connectivity index (χ0) is 19.2. The summed E-state index contributed by atoms with van der Waals surface area (Å²) in [5.74, 6) is 2.42. The van der Waals surface area contributed by atoms with E-state index in [0.29, 0.717) is 13.1 Å². The molecule has 0 saturated heterocycles. The van der Waals surface area contributed by atoms with Crippen molar-refractivity contribution in [3.8, 4) is 0 Å². The molecule has 3 rings (SSSR count). The SMILES string of the molecule is C=CCNC(=NCc1nnc(C)n1C)NC(C)c1ccc2ccccc2c1. The molecule has 0 spiro atoms. The van der Waals surface area contributed by atoms with Gasteiger partial charge < -0.3 is 15.2 Å². The molecule has 0 bridgehead atoms. The topological polar surface area (TPSA) is 67.1 Å². The maximum Gasteiger partial charge on any atom is 0.192 e. The second-order valence-electron chi connectivity index (χ2n) is 6.53. The van der Waals surface area contributed by atoms with Crippen LogP contribution in [0.15, 0.2) is 60.1 Å². The van der Waals surface area contributed by atoms with Gasteiger partial charge >= 0.3 is 0 Å². The first-order chi connectivity index (χ1) is 13.1. The van der Waals surface area contributed by atoms with Crippen molar-refractivity contribution in [2.45, 2.75) is 26.4 Å². The van der Waals surface area contributed by atoms with Crippen LogP contribution in [0.3, 0.4) is 0 Å². The highest BCUT2D eigenvalue weighted by molar-refractivity contribution is 5.84. The Morgan fingerprint density at radius 3 is 2.70 bits per heavy atom. The van der Waals surface area contributed by atoms with Gasteiger partial charge in [0.15, 0.2) is 11.8 Å². The van der Waals surface area contributed by atoms with Crippen LogP contribution in [0.4, 0.5) is 0 Å². The minimum Gasteiger partial charge on any atom is -0.353 e. The molecule has 0 radical (unpaired) electrons. The van der Waals surface area contributed by atoms with Crippen molar-refractivity contribution in [1.82, 2.24) is 25.4 Å². The van der Waals surface area contributed by atoms with Crippen LogP contribution in [0.5, 0.6) is 0 Å². The molecule has 0 aliphatic heterocycles. The molecule has 1 atom stereocenters. The molecule has 2 aromatic carbocycles. The number of benzene rings is 2. The maximum atomic E-state index is 4.66. The Labute approximate surface area is 160 Å². The summed E-state index contributed by atoms with van der Waals surface area (Å²) in [5.41, 5.74) is 1.20. The molecule has 140 valence electrons. The van der Waals surface area contributed by atoms with E-state index < -0.39 is 0 Å². The fourth-order valence-electron chi connectivity index (χ4n) is 2.83. The average Bonchev–Trinajstić information content (AvgIpc) is 3.01. The van der Waals surface area contributed by atoms with Gasteiger partial charge in [-0.25, -0.2) is 4.99 Å². The molecular formula is C21H26N6. The Hall–Kier alpha value is -3.15. The lowest BCUT2D eigenvalue weighted by Crippen LogP contribution is -2.39. The number of nitrogens with zero attached hydrogens (tertiary/aromatic N) is 4. The molecule has 27 heavy (non-hydrogen) atoms. The number of nitrogens with one attached hydrogen (secondary N) is 2. The minimum absolute atomic E-state index is 0.104. The second kappa shape index (κ2) is 8.49. The van der Waals surface area contributed by atoms with E-state index >= 15 is 0 Å². The summed E-state index contributed by atoms with van der Waals surface area (Å²) in [5, 5.41) is 17.5. The summed E-state index contributed by atoms with van der Waals surface area (Å²) in [6.45, 7) is 8.91. The van der Waals surface area contributed by atoms with Gasteiger partial charge in [-0.2, -0.15) is 0 Å². The Balaban J connectivity index is 1.76. The highest BCUT2D eigenvalue weighted by Crippen LogP contribution is 2.20. The number of aromatic nitrogens is 3. The Morgan fingerprint density at radius 2 is 2.00 bits per heavy atom. The van der Waals surface area contributed by atoms with E-state index in [4.69, 9.17) is 0 Å². The molecule has 2 N–H and O–H groups in total. The third-order valence-corrected chi connectivity index (χ3v) is 4.60. The number of guanidine groups is 1. The van der Waals surface area contributed by atoms with Gasteiger partial charge in [-0.1, -0.05) is 42.5 Å². The molecule has 1 aromatic heterocycles. The molecule has 0 fully saturated rings. The van der Waals surface area contributed by atoms with Gasteiger partial charge in [-0.05, 0) is 36.2 Å². The van der Waals surface area contributed by atoms with Gasteiger partial charge in [0.05, 0.1) is 6.04 Å². The van der Waals surface area contributed by atoms with E-state index in [1.807, 2.05) is 24.6 Å². The molecule has 0 aliphatic rings. The van der Waals surface area contributed by atoms with Gasteiger partial charge in [0.1, 0.15) is 12.4 Å². The smallest absolute Gasteiger partial charge is 0.192 e. The molecule has 0 saturated carbocycles. The Bertz CT molecular complexity index is 956. The molecule has 6 nitrogen and oxygen atoms in total. The summed E-state index contributed by atoms with van der Waals surface area (Å²) in [4.78, 5) is 4.66. The number of hydrogen-bond donors (Lipinski definition) is 2. The van der Waals surface area contributed by atoms with Crippen LogP contribution in [0, 0.1) is 6.92 Å². The fraction of sp³-hybridized carbons (Fsp3) is 0.286. The molecule has 0 aliphatic carbocycles. The summed E-state index contributed by atoms with van der Waals surface area (Å²) in [6, 6.07) is 15.0. The normalized spacial score (nSPS) is 12.8. The lowest BCUT2D eigenvalue weighted by molar-refractivity contribution is 0.685. The Kier molecular flexibility index (Phi) is 5.86. The molecular weight excluding hydrogens is 336 g/mol. The molecule has 0 amide bonds. The lowest BCUT2D eigenvalue weighted by Gasteiger charge is -2.18. The van der Waals surface area contributed by atoms with E-state index in [0.717, 1.165) is 17.6 Å². The zero-order valence-electron chi connectivity index (χ0n) is 16.1. The predicted molar refractivity (Wildman–Crippen MR) is 111 cm³/mol. The first kappa shape index (κ1) is 18.6. The number of rotatable bonds is 6. The molecule has 3 aromatic rings. The monoisotopic (exact) mass is 362 g/mol. The summed E-state index contributed by atoms with van der Waals surface area (Å²) < 4.78 is 1.95. The zero-order valence-corrected chi connectivity index (χ0v) is 16.1. The third kappa shape index (κ3) is 4.53.